The van der Waals surface area contributed by atoms with Crippen molar-refractivity contribution in [3.8, 4) is 5.75 Å². The number of sulfonamides is 1. The van der Waals surface area contributed by atoms with Crippen LogP contribution in [0.5, 0.6) is 5.75 Å². The van der Waals surface area contributed by atoms with Gasteiger partial charge in [-0.15, -0.1) is 0 Å². The molecule has 0 aliphatic carbocycles. The number of anilines is 1. The molecule has 0 heterocycles. The first-order valence-electron chi connectivity index (χ1n) is 12.4. The van der Waals surface area contributed by atoms with Crippen LogP contribution in [0.15, 0.2) is 42.5 Å². The molecule has 9 heteroatoms. The van der Waals surface area contributed by atoms with Gasteiger partial charge in [0.1, 0.15) is 11.8 Å². The summed E-state index contributed by atoms with van der Waals surface area (Å²) in [5.41, 5.74) is 2.87. The first-order valence-corrected chi connectivity index (χ1v) is 14.3. The minimum Gasteiger partial charge on any atom is -0.497 e. The van der Waals surface area contributed by atoms with Crippen molar-refractivity contribution in [1.29, 1.82) is 0 Å². The molecule has 0 saturated heterocycles. The van der Waals surface area contributed by atoms with Crippen LogP contribution in [0.25, 0.3) is 0 Å². The standard InChI is InChI=1S/C28H41N3O5S/c1-20-12-9-15-25(21(20)2)31(37(8,34)35)17-11-16-26(32)30(22(3)27(33)29-28(4,5)6)19-23-13-10-14-24(18-23)36-7/h9-10,12-15,18,22H,11,16-17,19H2,1-8H3,(H,29,33)/t22-/m1/s1. The zero-order valence-corrected chi connectivity index (χ0v) is 24.1. The summed E-state index contributed by atoms with van der Waals surface area (Å²) in [6, 6.07) is 12.2. The summed E-state index contributed by atoms with van der Waals surface area (Å²) in [5, 5.41) is 2.94. The van der Waals surface area contributed by atoms with E-state index in [1.165, 1.54) is 10.6 Å². The molecule has 0 fully saturated rings. The van der Waals surface area contributed by atoms with Crippen LogP contribution in [0.2, 0.25) is 0 Å². The summed E-state index contributed by atoms with van der Waals surface area (Å²) in [4.78, 5) is 28.0. The molecular formula is C28H41N3O5S. The zero-order valence-electron chi connectivity index (χ0n) is 23.3. The van der Waals surface area contributed by atoms with Gasteiger partial charge in [-0.25, -0.2) is 8.42 Å². The molecule has 0 bridgehead atoms. The Balaban J connectivity index is 2.24. The highest BCUT2D eigenvalue weighted by Gasteiger charge is 2.29. The largest absolute Gasteiger partial charge is 0.497 e. The fraction of sp³-hybridized carbons (Fsp3) is 0.500. The van der Waals surface area contributed by atoms with E-state index < -0.39 is 21.6 Å². The van der Waals surface area contributed by atoms with E-state index >= 15 is 0 Å². The van der Waals surface area contributed by atoms with Crippen molar-refractivity contribution in [3.05, 3.63) is 59.2 Å². The molecule has 0 spiro atoms. The molecule has 0 saturated carbocycles. The normalized spacial score (nSPS) is 12.5. The number of hydrogen-bond acceptors (Lipinski definition) is 5. The van der Waals surface area contributed by atoms with Gasteiger partial charge in [0.15, 0.2) is 0 Å². The Morgan fingerprint density at radius 2 is 1.73 bits per heavy atom. The summed E-state index contributed by atoms with van der Waals surface area (Å²) < 4.78 is 31.9. The number of rotatable bonds is 11. The van der Waals surface area contributed by atoms with Gasteiger partial charge in [-0.05, 0) is 82.9 Å². The van der Waals surface area contributed by atoms with Gasteiger partial charge in [-0.3, -0.25) is 13.9 Å². The van der Waals surface area contributed by atoms with Gasteiger partial charge in [0.05, 0.1) is 19.1 Å². The second-order valence-electron chi connectivity index (χ2n) is 10.4. The number of methoxy groups -OCH3 is 1. The lowest BCUT2D eigenvalue weighted by molar-refractivity contribution is -0.141. The van der Waals surface area contributed by atoms with Gasteiger partial charge in [-0.2, -0.15) is 0 Å². The van der Waals surface area contributed by atoms with Gasteiger partial charge in [0.25, 0.3) is 0 Å². The summed E-state index contributed by atoms with van der Waals surface area (Å²) in [6.07, 6.45) is 1.57. The second kappa shape index (κ2) is 12.4. The van der Waals surface area contributed by atoms with Crippen molar-refractivity contribution < 1.29 is 22.7 Å². The number of carbonyl (C=O) groups excluding carboxylic acids is 2. The van der Waals surface area contributed by atoms with Gasteiger partial charge in [-0.1, -0.05) is 24.3 Å². The SMILES string of the molecule is COc1cccc(CN(C(=O)CCCN(c2cccc(C)c2C)S(C)(=O)=O)[C@H](C)C(=O)NC(C)(C)C)c1. The maximum Gasteiger partial charge on any atom is 0.242 e. The van der Waals surface area contributed by atoms with Gasteiger partial charge >= 0.3 is 0 Å². The Bertz CT molecular complexity index is 1200. The molecule has 0 aliphatic heterocycles. The molecule has 37 heavy (non-hydrogen) atoms. The van der Waals surface area contributed by atoms with Crippen LogP contribution in [0.3, 0.4) is 0 Å². The van der Waals surface area contributed by atoms with Gasteiger partial charge in [0, 0.05) is 25.0 Å². The van der Waals surface area contributed by atoms with E-state index in [0.717, 1.165) is 16.7 Å². The first-order chi connectivity index (χ1) is 17.1. The minimum absolute atomic E-state index is 0.0913. The van der Waals surface area contributed by atoms with Crippen molar-refractivity contribution in [2.24, 2.45) is 0 Å². The van der Waals surface area contributed by atoms with Crippen molar-refractivity contribution in [1.82, 2.24) is 10.2 Å². The number of aryl methyl sites for hydroxylation is 1. The fourth-order valence-electron chi connectivity index (χ4n) is 4.01. The van der Waals surface area contributed by atoms with Crippen LogP contribution < -0.4 is 14.4 Å². The molecule has 2 amide bonds. The van der Waals surface area contributed by atoms with E-state index in [1.807, 2.05) is 71.0 Å². The summed E-state index contributed by atoms with van der Waals surface area (Å²) in [5.74, 6) is 0.180. The average Bonchev–Trinajstić information content (AvgIpc) is 2.80. The van der Waals surface area contributed by atoms with Crippen molar-refractivity contribution >= 4 is 27.5 Å². The quantitative estimate of drug-likeness (QED) is 0.469. The number of ether oxygens (including phenoxy) is 1. The average molecular weight is 532 g/mol. The highest BCUT2D eigenvalue weighted by molar-refractivity contribution is 7.92. The molecule has 0 radical (unpaired) electrons. The van der Waals surface area contributed by atoms with Crippen molar-refractivity contribution in [3.63, 3.8) is 0 Å². The third-order valence-corrected chi connectivity index (χ3v) is 7.33. The second-order valence-corrected chi connectivity index (χ2v) is 12.4. The number of hydrogen-bond donors (Lipinski definition) is 1. The van der Waals surface area contributed by atoms with E-state index in [1.54, 1.807) is 25.0 Å². The highest BCUT2D eigenvalue weighted by atomic mass is 32.2. The maximum atomic E-state index is 13.4. The van der Waals surface area contributed by atoms with Crippen LogP contribution in [-0.4, -0.2) is 56.6 Å². The number of carbonyl (C=O) groups is 2. The topological polar surface area (TPSA) is 96.0 Å². The number of nitrogens with one attached hydrogen (secondary N) is 1. The Morgan fingerprint density at radius 3 is 2.32 bits per heavy atom. The first kappa shape index (κ1) is 30.2. The summed E-state index contributed by atoms with van der Waals surface area (Å²) in [7, 11) is -1.98. The predicted octanol–water partition coefficient (Wildman–Crippen LogP) is 4.19. The van der Waals surface area contributed by atoms with Crippen molar-refractivity contribution in [2.45, 2.75) is 72.5 Å². The Kier molecular flexibility index (Phi) is 10.1. The van der Waals surface area contributed by atoms with E-state index in [4.69, 9.17) is 4.74 Å². The molecule has 0 aliphatic rings. The van der Waals surface area contributed by atoms with Gasteiger partial charge < -0.3 is 15.0 Å². The van der Waals surface area contributed by atoms with E-state index in [2.05, 4.69) is 5.32 Å². The summed E-state index contributed by atoms with van der Waals surface area (Å²) >= 11 is 0. The maximum absolute atomic E-state index is 13.4. The smallest absolute Gasteiger partial charge is 0.242 e. The number of benzene rings is 2. The van der Waals surface area contributed by atoms with E-state index in [-0.39, 0.29) is 31.3 Å². The monoisotopic (exact) mass is 531 g/mol. The Morgan fingerprint density at radius 1 is 1.08 bits per heavy atom. The van der Waals surface area contributed by atoms with Crippen LogP contribution >= 0.6 is 0 Å². The minimum atomic E-state index is -3.55. The van der Waals surface area contributed by atoms with Gasteiger partial charge in [0.2, 0.25) is 21.8 Å². The Labute approximate surface area is 222 Å². The molecule has 0 aromatic heterocycles. The molecule has 1 atom stereocenters. The molecule has 2 rings (SSSR count). The zero-order chi connectivity index (χ0) is 28.0. The van der Waals surface area contributed by atoms with Crippen LogP contribution in [-0.2, 0) is 26.2 Å². The van der Waals surface area contributed by atoms with Crippen LogP contribution in [0.1, 0.15) is 57.2 Å². The summed E-state index contributed by atoms with van der Waals surface area (Å²) in [6.45, 7) is 11.6. The predicted molar refractivity (Wildman–Crippen MR) is 148 cm³/mol. The lowest BCUT2D eigenvalue weighted by Gasteiger charge is -2.32. The lowest BCUT2D eigenvalue weighted by Crippen LogP contribution is -2.52. The van der Waals surface area contributed by atoms with E-state index in [9.17, 15) is 18.0 Å². The molecular weight excluding hydrogens is 490 g/mol. The molecule has 2 aromatic carbocycles. The lowest BCUT2D eigenvalue weighted by atomic mass is 10.1. The fourth-order valence-corrected chi connectivity index (χ4v) is 5.03. The number of nitrogens with zero attached hydrogens (tertiary/aromatic N) is 2. The molecule has 8 nitrogen and oxygen atoms in total. The molecule has 2 aromatic rings. The third-order valence-electron chi connectivity index (χ3n) is 6.15. The number of amides is 2. The molecule has 0 unspecified atom stereocenters. The Hall–Kier alpha value is -3.07. The van der Waals surface area contributed by atoms with Crippen LogP contribution in [0.4, 0.5) is 5.69 Å². The molecule has 1 N–H and O–H groups in total. The van der Waals surface area contributed by atoms with E-state index in [0.29, 0.717) is 17.9 Å². The van der Waals surface area contributed by atoms with Crippen LogP contribution in [0, 0.1) is 13.8 Å². The highest BCUT2D eigenvalue weighted by Crippen LogP contribution is 2.25. The third kappa shape index (κ3) is 8.77. The van der Waals surface area contributed by atoms with Crippen molar-refractivity contribution in [2.75, 3.05) is 24.2 Å². The molecule has 204 valence electrons.